The largest absolute Gasteiger partial charge is 0.359 e. The van der Waals surface area contributed by atoms with E-state index in [1.165, 1.54) is 6.92 Å². The molecule has 0 N–H and O–H groups in total. The van der Waals surface area contributed by atoms with Crippen LogP contribution < -0.4 is 0 Å². The smallest absolute Gasteiger partial charge is 0.185 e. The average Bonchev–Trinajstić information content (AvgIpc) is 1.91. The average molecular weight is 101 g/mol. The summed E-state index contributed by atoms with van der Waals surface area (Å²) in [5.41, 5.74) is 0. The minimum Gasteiger partial charge on any atom is -0.359 e. The van der Waals surface area contributed by atoms with Gasteiger partial charge < -0.3 is 4.52 Å². The summed E-state index contributed by atoms with van der Waals surface area (Å²) in [6.07, 6.45) is 1.04. The molecule has 0 aromatic carbocycles. The number of aromatic nitrogens is 1. The van der Waals surface area contributed by atoms with E-state index in [4.69, 9.17) is 0 Å². The molecule has 2 nitrogen and oxygen atoms in total. The predicted octanol–water partition coefficient (Wildman–Crippen LogP) is 1.12. The van der Waals surface area contributed by atoms with Crippen LogP contribution in [-0.4, -0.2) is 5.16 Å². The molecule has 0 bridgehead atoms. The van der Waals surface area contributed by atoms with Crippen molar-refractivity contribution in [3.8, 4) is 0 Å². The van der Waals surface area contributed by atoms with Gasteiger partial charge >= 0.3 is 0 Å². The summed E-state index contributed by atoms with van der Waals surface area (Å²) in [6.45, 7) is 1.52. The Bertz CT molecular complexity index is 144. The molecule has 0 aliphatic rings. The van der Waals surface area contributed by atoms with Gasteiger partial charge in [0.2, 0.25) is 0 Å². The first-order valence-corrected chi connectivity index (χ1v) is 1.87. The first-order valence-electron chi connectivity index (χ1n) is 1.87. The first kappa shape index (κ1) is 4.30. The Morgan fingerprint density at radius 2 is 2.57 bits per heavy atom. The third-order valence-corrected chi connectivity index (χ3v) is 0.692. The van der Waals surface area contributed by atoms with Crippen molar-refractivity contribution in [2.24, 2.45) is 0 Å². The lowest BCUT2D eigenvalue weighted by Crippen LogP contribution is -1.65. The molecular formula is C4H4FNO. The van der Waals surface area contributed by atoms with E-state index in [1.807, 2.05) is 0 Å². The molecule has 0 spiro atoms. The molecule has 0 atom stereocenters. The van der Waals surface area contributed by atoms with Crippen molar-refractivity contribution in [1.29, 1.82) is 0 Å². The fourth-order valence-corrected chi connectivity index (χ4v) is 0.286. The van der Waals surface area contributed by atoms with Crippen LogP contribution in [-0.2, 0) is 0 Å². The summed E-state index contributed by atoms with van der Waals surface area (Å²) in [7, 11) is 0. The van der Waals surface area contributed by atoms with Crippen LogP contribution in [0.5, 0.6) is 0 Å². The minimum atomic E-state index is -0.389. The van der Waals surface area contributed by atoms with Gasteiger partial charge in [-0.05, 0) is 6.92 Å². The van der Waals surface area contributed by atoms with E-state index in [0.717, 1.165) is 6.20 Å². The van der Waals surface area contributed by atoms with Crippen molar-refractivity contribution in [3.05, 3.63) is 17.8 Å². The van der Waals surface area contributed by atoms with Crippen molar-refractivity contribution in [2.45, 2.75) is 6.92 Å². The third kappa shape index (κ3) is 0.607. The van der Waals surface area contributed by atoms with E-state index < -0.39 is 0 Å². The minimum absolute atomic E-state index is 0.236. The highest BCUT2D eigenvalue weighted by molar-refractivity contribution is 4.92. The molecule has 0 saturated heterocycles. The van der Waals surface area contributed by atoms with Crippen molar-refractivity contribution >= 4 is 0 Å². The maximum atomic E-state index is 11.9. The Balaban J connectivity index is 3.12. The normalized spacial score (nSPS) is 9.43. The Hall–Kier alpha value is -0.860. The van der Waals surface area contributed by atoms with Crippen molar-refractivity contribution < 1.29 is 8.91 Å². The van der Waals surface area contributed by atoms with Gasteiger partial charge in [-0.3, -0.25) is 0 Å². The molecule has 1 heterocycles. The molecule has 1 aromatic heterocycles. The number of hydrogen-bond acceptors (Lipinski definition) is 2. The van der Waals surface area contributed by atoms with Crippen molar-refractivity contribution in [3.63, 3.8) is 0 Å². The lowest BCUT2D eigenvalue weighted by Gasteiger charge is -1.71. The lowest BCUT2D eigenvalue weighted by atomic mass is 10.5. The second-order valence-electron chi connectivity index (χ2n) is 1.23. The molecule has 38 valence electrons. The van der Waals surface area contributed by atoms with Crippen LogP contribution in [0.2, 0.25) is 0 Å². The van der Waals surface area contributed by atoms with Gasteiger partial charge in [-0.25, -0.2) is 4.39 Å². The summed E-state index contributed by atoms with van der Waals surface area (Å²) in [5.74, 6) is -0.153. The number of hydrogen-bond donors (Lipinski definition) is 0. The van der Waals surface area contributed by atoms with E-state index in [-0.39, 0.29) is 11.6 Å². The van der Waals surface area contributed by atoms with Gasteiger partial charge in [0.05, 0.1) is 0 Å². The third-order valence-electron chi connectivity index (χ3n) is 0.692. The summed E-state index contributed by atoms with van der Waals surface area (Å²) in [5, 5.41) is 3.17. The van der Waals surface area contributed by atoms with Gasteiger partial charge in [-0.2, -0.15) is 0 Å². The molecule has 0 amide bonds. The van der Waals surface area contributed by atoms with Gasteiger partial charge in [0.1, 0.15) is 6.20 Å². The van der Waals surface area contributed by atoms with E-state index in [2.05, 4.69) is 9.68 Å². The van der Waals surface area contributed by atoms with Crippen LogP contribution in [0.4, 0.5) is 4.39 Å². The zero-order chi connectivity index (χ0) is 5.28. The van der Waals surface area contributed by atoms with Crippen molar-refractivity contribution in [2.75, 3.05) is 0 Å². The summed E-state index contributed by atoms with van der Waals surface area (Å²) in [6, 6.07) is 0. The topological polar surface area (TPSA) is 26.0 Å². The number of aryl methyl sites for hydroxylation is 1. The van der Waals surface area contributed by atoms with Crippen LogP contribution in [0.3, 0.4) is 0 Å². The number of nitrogens with zero attached hydrogens (tertiary/aromatic N) is 1. The highest BCUT2D eigenvalue weighted by Crippen LogP contribution is 2.00. The van der Waals surface area contributed by atoms with Crippen LogP contribution >= 0.6 is 0 Å². The van der Waals surface area contributed by atoms with E-state index in [1.54, 1.807) is 0 Å². The maximum absolute atomic E-state index is 11.9. The standard InChI is InChI=1S/C4H4FNO/c1-3-4(5)2-6-7-3/h2H,1H3. The summed E-state index contributed by atoms with van der Waals surface area (Å²) in [4.78, 5) is 0. The van der Waals surface area contributed by atoms with Gasteiger partial charge in [-0.1, -0.05) is 5.16 Å². The monoisotopic (exact) mass is 101 g/mol. The van der Waals surface area contributed by atoms with Gasteiger partial charge in [0.25, 0.3) is 0 Å². The number of rotatable bonds is 0. The van der Waals surface area contributed by atoms with E-state index >= 15 is 0 Å². The molecule has 3 heteroatoms. The van der Waals surface area contributed by atoms with Gasteiger partial charge in [0, 0.05) is 0 Å². The number of halogens is 1. The zero-order valence-electron chi connectivity index (χ0n) is 3.81. The fraction of sp³-hybridized carbons (Fsp3) is 0.250. The first-order chi connectivity index (χ1) is 3.30. The Morgan fingerprint density at radius 1 is 1.86 bits per heavy atom. The molecule has 0 aliphatic heterocycles. The summed E-state index contributed by atoms with van der Waals surface area (Å²) < 4.78 is 16.3. The Labute approximate surface area is 39.9 Å². The highest BCUT2D eigenvalue weighted by atomic mass is 19.1. The lowest BCUT2D eigenvalue weighted by molar-refractivity contribution is 0.389. The Morgan fingerprint density at radius 3 is 2.71 bits per heavy atom. The molecule has 0 aliphatic carbocycles. The molecule has 0 saturated carbocycles. The van der Waals surface area contributed by atoms with Crippen LogP contribution in [0.1, 0.15) is 5.76 Å². The quantitative estimate of drug-likeness (QED) is 0.489. The second-order valence-corrected chi connectivity index (χ2v) is 1.23. The molecule has 1 aromatic rings. The van der Waals surface area contributed by atoms with Gasteiger partial charge in [-0.15, -0.1) is 0 Å². The van der Waals surface area contributed by atoms with Crippen molar-refractivity contribution in [1.82, 2.24) is 5.16 Å². The molecule has 0 unspecified atom stereocenters. The van der Waals surface area contributed by atoms with E-state index in [0.29, 0.717) is 0 Å². The summed E-state index contributed by atoms with van der Waals surface area (Å²) >= 11 is 0. The maximum Gasteiger partial charge on any atom is 0.185 e. The molecule has 0 radical (unpaired) electrons. The molecule has 1 rings (SSSR count). The molecular weight excluding hydrogens is 97.0 g/mol. The fourth-order valence-electron chi connectivity index (χ4n) is 0.286. The second kappa shape index (κ2) is 1.33. The molecule has 0 fully saturated rings. The van der Waals surface area contributed by atoms with Gasteiger partial charge in [0.15, 0.2) is 11.6 Å². The highest BCUT2D eigenvalue weighted by Gasteiger charge is 1.96. The SMILES string of the molecule is Cc1oncc1F. The van der Waals surface area contributed by atoms with Crippen LogP contribution in [0, 0.1) is 12.7 Å². The van der Waals surface area contributed by atoms with Crippen LogP contribution in [0.15, 0.2) is 10.7 Å². The Kier molecular flexibility index (Phi) is 0.817. The van der Waals surface area contributed by atoms with Crippen LogP contribution in [0.25, 0.3) is 0 Å². The zero-order valence-corrected chi connectivity index (χ0v) is 3.81. The predicted molar refractivity (Wildman–Crippen MR) is 21.2 cm³/mol. The molecule has 7 heavy (non-hydrogen) atoms. The van der Waals surface area contributed by atoms with E-state index in [9.17, 15) is 4.39 Å².